The molecule has 124 valence electrons. The first kappa shape index (κ1) is 15.9. The van der Waals surface area contributed by atoms with E-state index in [9.17, 15) is 14.4 Å². The van der Waals surface area contributed by atoms with Gasteiger partial charge in [-0.05, 0) is 18.9 Å². The van der Waals surface area contributed by atoms with Crippen LogP contribution < -0.4 is 16.6 Å². The maximum atomic E-state index is 12.4. The van der Waals surface area contributed by atoms with Crippen LogP contribution in [0, 0.1) is 5.92 Å². The zero-order valence-electron chi connectivity index (χ0n) is 13.0. The quantitative estimate of drug-likeness (QED) is 0.790. The second kappa shape index (κ2) is 6.66. The summed E-state index contributed by atoms with van der Waals surface area (Å²) in [5.74, 6) is -1.24. The Hall–Kier alpha value is -2.96. The number of benzene rings is 1. The normalized spacial score (nSPS) is 20.0. The number of nitrogens with one attached hydrogen (secondary N) is 1. The van der Waals surface area contributed by atoms with E-state index in [4.69, 9.17) is 5.73 Å². The highest BCUT2D eigenvalue weighted by Crippen LogP contribution is 2.18. The largest absolute Gasteiger partial charge is 0.369 e. The molecule has 1 heterocycles. The number of fused-ring (bicyclic) bond motifs is 1. The van der Waals surface area contributed by atoms with Gasteiger partial charge >= 0.3 is 0 Å². The van der Waals surface area contributed by atoms with Crippen LogP contribution in [-0.2, 0) is 16.1 Å². The molecule has 7 heteroatoms. The Morgan fingerprint density at radius 2 is 2.00 bits per heavy atom. The van der Waals surface area contributed by atoms with E-state index < -0.39 is 11.8 Å². The van der Waals surface area contributed by atoms with Crippen LogP contribution in [-0.4, -0.2) is 27.6 Å². The van der Waals surface area contributed by atoms with Crippen LogP contribution in [0.1, 0.15) is 12.8 Å². The van der Waals surface area contributed by atoms with Crippen molar-refractivity contribution in [2.75, 3.05) is 0 Å². The average Bonchev–Trinajstić information content (AvgIpc) is 2.58. The fourth-order valence-electron chi connectivity index (χ4n) is 2.92. The third-order valence-electron chi connectivity index (χ3n) is 4.20. The predicted molar refractivity (Wildman–Crippen MR) is 89.0 cm³/mol. The second-order valence-corrected chi connectivity index (χ2v) is 5.82. The summed E-state index contributed by atoms with van der Waals surface area (Å²) in [4.78, 5) is 36.1. The van der Waals surface area contributed by atoms with Crippen molar-refractivity contribution in [1.29, 1.82) is 0 Å². The van der Waals surface area contributed by atoms with E-state index in [1.165, 1.54) is 0 Å². The van der Waals surface area contributed by atoms with Crippen LogP contribution in [0.3, 0.4) is 0 Å². The monoisotopic (exact) mass is 326 g/mol. The Morgan fingerprint density at radius 1 is 1.25 bits per heavy atom. The second-order valence-electron chi connectivity index (χ2n) is 5.82. The minimum Gasteiger partial charge on any atom is -0.369 e. The third kappa shape index (κ3) is 3.19. The van der Waals surface area contributed by atoms with Crippen LogP contribution in [0.5, 0.6) is 0 Å². The lowest BCUT2D eigenvalue weighted by Gasteiger charge is -2.26. The first-order chi connectivity index (χ1) is 11.6. The molecule has 0 saturated carbocycles. The van der Waals surface area contributed by atoms with E-state index in [0.717, 1.165) is 10.1 Å². The summed E-state index contributed by atoms with van der Waals surface area (Å²) < 4.78 is 1.12. The molecule has 1 aromatic carbocycles. The molecule has 2 aromatic rings. The number of amides is 2. The van der Waals surface area contributed by atoms with E-state index in [1.54, 1.807) is 24.4 Å². The Kier molecular flexibility index (Phi) is 4.41. The number of carbonyl (C=O) groups excluding carboxylic acids is 2. The first-order valence-corrected chi connectivity index (χ1v) is 7.75. The summed E-state index contributed by atoms with van der Waals surface area (Å²) in [7, 11) is 0. The number of rotatable bonds is 4. The zero-order chi connectivity index (χ0) is 17.1. The number of nitrogens with two attached hydrogens (primary N) is 1. The van der Waals surface area contributed by atoms with Gasteiger partial charge in [0.05, 0.1) is 17.5 Å². The van der Waals surface area contributed by atoms with Crippen molar-refractivity contribution in [2.45, 2.75) is 25.4 Å². The molecular weight excluding hydrogens is 308 g/mol. The van der Waals surface area contributed by atoms with E-state index in [2.05, 4.69) is 10.4 Å². The van der Waals surface area contributed by atoms with Crippen molar-refractivity contribution in [3.05, 3.63) is 53.0 Å². The standard InChI is InChI=1S/C17H18N4O3/c18-16(23)13-7-3-4-8-14(13)20-15(22)10-21-17(24)12-6-2-1-5-11(12)9-19-21/h1-6,9,13-14H,7-8,10H2,(H2,18,23)(H,20,22)/t13-,14-/m1/s1. The Labute approximate surface area is 138 Å². The highest BCUT2D eigenvalue weighted by Gasteiger charge is 2.28. The van der Waals surface area contributed by atoms with Crippen LogP contribution in [0.25, 0.3) is 10.8 Å². The number of nitrogens with zero attached hydrogens (tertiary/aromatic N) is 2. The lowest BCUT2D eigenvalue weighted by atomic mass is 9.88. The van der Waals surface area contributed by atoms with E-state index in [-0.39, 0.29) is 24.1 Å². The van der Waals surface area contributed by atoms with Gasteiger partial charge in [-0.25, -0.2) is 4.68 Å². The molecule has 0 aliphatic heterocycles. The van der Waals surface area contributed by atoms with Crippen LogP contribution >= 0.6 is 0 Å². The summed E-state index contributed by atoms with van der Waals surface area (Å²) in [6.45, 7) is -0.199. The summed E-state index contributed by atoms with van der Waals surface area (Å²) in [5, 5.41) is 8.05. The zero-order valence-corrected chi connectivity index (χ0v) is 13.0. The minimum atomic E-state index is -0.439. The average molecular weight is 326 g/mol. The van der Waals surface area contributed by atoms with Crippen LogP contribution in [0.15, 0.2) is 47.4 Å². The van der Waals surface area contributed by atoms with Gasteiger partial charge in [-0.2, -0.15) is 5.10 Å². The topological polar surface area (TPSA) is 107 Å². The molecule has 1 aliphatic carbocycles. The van der Waals surface area contributed by atoms with Crippen molar-refractivity contribution in [3.63, 3.8) is 0 Å². The minimum absolute atomic E-state index is 0.199. The molecular formula is C17H18N4O3. The number of hydrogen-bond donors (Lipinski definition) is 2. The first-order valence-electron chi connectivity index (χ1n) is 7.75. The molecule has 0 bridgehead atoms. The van der Waals surface area contributed by atoms with Gasteiger partial charge in [0.2, 0.25) is 11.8 Å². The number of hydrogen-bond acceptors (Lipinski definition) is 4. The van der Waals surface area contributed by atoms with Gasteiger partial charge in [-0.1, -0.05) is 30.4 Å². The van der Waals surface area contributed by atoms with Gasteiger partial charge in [-0.15, -0.1) is 0 Å². The molecule has 2 atom stereocenters. The summed E-state index contributed by atoms with van der Waals surface area (Å²) in [6.07, 6.45) is 6.39. The smallest absolute Gasteiger partial charge is 0.275 e. The Balaban J connectivity index is 1.75. The predicted octanol–water partition coefficient (Wildman–Crippen LogP) is 0.333. The van der Waals surface area contributed by atoms with Gasteiger partial charge in [0.1, 0.15) is 6.54 Å². The highest BCUT2D eigenvalue weighted by molar-refractivity contribution is 5.82. The van der Waals surface area contributed by atoms with Crippen molar-refractivity contribution < 1.29 is 9.59 Å². The number of allylic oxidation sites excluding steroid dienone is 1. The molecule has 0 fully saturated rings. The lowest BCUT2D eigenvalue weighted by molar-refractivity contribution is -0.125. The van der Waals surface area contributed by atoms with E-state index >= 15 is 0 Å². The molecule has 0 radical (unpaired) electrons. The molecule has 7 nitrogen and oxygen atoms in total. The van der Waals surface area contributed by atoms with Gasteiger partial charge < -0.3 is 11.1 Å². The molecule has 3 N–H and O–H groups in total. The SMILES string of the molecule is NC(=O)[C@@H]1CC=CC[C@H]1NC(=O)Cn1ncc2ccccc2c1=O. The van der Waals surface area contributed by atoms with Gasteiger partial charge in [0.25, 0.3) is 5.56 Å². The molecule has 24 heavy (non-hydrogen) atoms. The molecule has 0 spiro atoms. The summed E-state index contributed by atoms with van der Waals surface area (Å²) in [5.41, 5.74) is 5.06. The fourth-order valence-corrected chi connectivity index (χ4v) is 2.92. The molecule has 3 rings (SSSR count). The molecule has 1 aromatic heterocycles. The summed E-state index contributed by atoms with van der Waals surface area (Å²) in [6, 6.07) is 6.72. The molecule has 2 amide bonds. The van der Waals surface area contributed by atoms with Crippen molar-refractivity contribution in [3.8, 4) is 0 Å². The molecule has 0 unspecified atom stereocenters. The molecule has 1 aliphatic rings. The van der Waals surface area contributed by atoms with Gasteiger partial charge in [-0.3, -0.25) is 14.4 Å². The van der Waals surface area contributed by atoms with E-state index in [0.29, 0.717) is 18.2 Å². The summed E-state index contributed by atoms with van der Waals surface area (Å²) >= 11 is 0. The van der Waals surface area contributed by atoms with Gasteiger partial charge in [0, 0.05) is 11.4 Å². The van der Waals surface area contributed by atoms with Crippen LogP contribution in [0.2, 0.25) is 0 Å². The van der Waals surface area contributed by atoms with Crippen molar-refractivity contribution in [1.82, 2.24) is 15.1 Å². The van der Waals surface area contributed by atoms with Crippen molar-refractivity contribution in [2.24, 2.45) is 11.7 Å². The van der Waals surface area contributed by atoms with Crippen LogP contribution in [0.4, 0.5) is 0 Å². The molecule has 0 saturated heterocycles. The van der Waals surface area contributed by atoms with Crippen molar-refractivity contribution >= 4 is 22.6 Å². The number of aromatic nitrogens is 2. The maximum Gasteiger partial charge on any atom is 0.275 e. The van der Waals surface area contributed by atoms with Gasteiger partial charge in [0.15, 0.2) is 0 Å². The highest BCUT2D eigenvalue weighted by atomic mass is 16.2. The fraction of sp³-hybridized carbons (Fsp3) is 0.294. The lowest BCUT2D eigenvalue weighted by Crippen LogP contribution is -2.47. The third-order valence-corrected chi connectivity index (χ3v) is 4.20. The number of carbonyl (C=O) groups is 2. The maximum absolute atomic E-state index is 12.4. The van der Waals surface area contributed by atoms with E-state index in [1.807, 2.05) is 18.2 Å². The Bertz CT molecular complexity index is 872. The number of primary amides is 1. The Morgan fingerprint density at radius 3 is 2.79 bits per heavy atom.